The molecule has 148 valence electrons. The second-order valence-electron chi connectivity index (χ2n) is 8.69. The van der Waals surface area contributed by atoms with Crippen molar-refractivity contribution in [2.75, 3.05) is 16.2 Å². The van der Waals surface area contributed by atoms with Gasteiger partial charge in [0.1, 0.15) is 0 Å². The van der Waals surface area contributed by atoms with E-state index in [1.165, 1.54) is 0 Å². The van der Waals surface area contributed by atoms with Gasteiger partial charge in [-0.05, 0) is 62.1 Å². The van der Waals surface area contributed by atoms with E-state index < -0.39 is 10.0 Å². The van der Waals surface area contributed by atoms with Crippen molar-refractivity contribution >= 4 is 27.3 Å². The summed E-state index contributed by atoms with van der Waals surface area (Å²) >= 11 is 0. The summed E-state index contributed by atoms with van der Waals surface area (Å²) in [6.45, 7) is 8.56. The number of carbonyl (C=O) groups excluding carboxylic acids is 1. The van der Waals surface area contributed by atoms with E-state index in [2.05, 4.69) is 18.6 Å². The van der Waals surface area contributed by atoms with Crippen LogP contribution in [-0.4, -0.2) is 20.9 Å². The third kappa shape index (κ3) is 3.30. The van der Waals surface area contributed by atoms with E-state index in [1.54, 1.807) is 24.3 Å². The predicted molar refractivity (Wildman–Crippen MR) is 111 cm³/mol. The highest BCUT2D eigenvalue weighted by molar-refractivity contribution is 7.92. The number of carbonyl (C=O) groups is 1. The van der Waals surface area contributed by atoms with Crippen LogP contribution in [0.5, 0.6) is 0 Å². The number of hydrogen-bond donors (Lipinski definition) is 1. The molecule has 1 aliphatic heterocycles. The van der Waals surface area contributed by atoms with E-state index in [9.17, 15) is 13.2 Å². The summed E-state index contributed by atoms with van der Waals surface area (Å²) < 4.78 is 28.7. The standard InChI is InChI=1S/C22H26N2O3S/c1-14-5-9-19(15(2)11-14)23-28(26,27)17-8-10-20-18(12-17)22(3,4)13-24(20)21(25)16-6-7-16/h5,8-12,16,23H,6-7,13H2,1-4H3. The molecule has 0 atom stereocenters. The lowest BCUT2D eigenvalue weighted by Crippen LogP contribution is -2.34. The molecule has 0 unspecified atom stereocenters. The number of nitrogens with zero attached hydrogens (tertiary/aromatic N) is 1. The van der Waals surface area contributed by atoms with E-state index >= 15 is 0 Å². The van der Waals surface area contributed by atoms with Crippen LogP contribution in [0.25, 0.3) is 0 Å². The van der Waals surface area contributed by atoms with Crippen LogP contribution in [0.4, 0.5) is 11.4 Å². The maximum Gasteiger partial charge on any atom is 0.261 e. The van der Waals surface area contributed by atoms with Gasteiger partial charge in [-0.3, -0.25) is 9.52 Å². The van der Waals surface area contributed by atoms with Crippen LogP contribution >= 0.6 is 0 Å². The van der Waals surface area contributed by atoms with Crippen LogP contribution in [-0.2, 0) is 20.2 Å². The molecule has 2 aromatic carbocycles. The maximum atomic E-state index is 13.0. The maximum absolute atomic E-state index is 13.0. The summed E-state index contributed by atoms with van der Waals surface area (Å²) in [7, 11) is -3.72. The summed E-state index contributed by atoms with van der Waals surface area (Å²) in [4.78, 5) is 14.7. The lowest BCUT2D eigenvalue weighted by Gasteiger charge is -2.20. The third-order valence-electron chi connectivity index (χ3n) is 5.67. The molecule has 4 rings (SSSR count). The Morgan fingerprint density at radius 3 is 2.46 bits per heavy atom. The number of fused-ring (bicyclic) bond motifs is 1. The van der Waals surface area contributed by atoms with E-state index in [-0.39, 0.29) is 22.1 Å². The van der Waals surface area contributed by atoms with Gasteiger partial charge in [-0.1, -0.05) is 31.5 Å². The average molecular weight is 399 g/mol. The number of aryl methyl sites for hydroxylation is 2. The molecule has 5 nitrogen and oxygen atoms in total. The van der Waals surface area contributed by atoms with Gasteiger partial charge >= 0.3 is 0 Å². The molecule has 1 heterocycles. The molecular weight excluding hydrogens is 372 g/mol. The Morgan fingerprint density at radius 2 is 1.82 bits per heavy atom. The first-order chi connectivity index (χ1) is 13.1. The first kappa shape index (κ1) is 19.0. The average Bonchev–Trinajstić information content (AvgIpc) is 3.42. The highest BCUT2D eigenvalue weighted by atomic mass is 32.2. The lowest BCUT2D eigenvalue weighted by atomic mass is 9.87. The Kier molecular flexibility index (Phi) is 4.30. The van der Waals surface area contributed by atoms with Crippen molar-refractivity contribution in [1.82, 2.24) is 0 Å². The van der Waals surface area contributed by atoms with Crippen molar-refractivity contribution < 1.29 is 13.2 Å². The van der Waals surface area contributed by atoms with Crippen LogP contribution in [0, 0.1) is 19.8 Å². The number of rotatable bonds is 4. The van der Waals surface area contributed by atoms with Crippen LogP contribution in [0.3, 0.4) is 0 Å². The molecule has 1 amide bonds. The number of amides is 1. The Morgan fingerprint density at radius 1 is 1.11 bits per heavy atom. The van der Waals surface area contributed by atoms with Gasteiger partial charge in [0.25, 0.3) is 10.0 Å². The minimum Gasteiger partial charge on any atom is -0.311 e. The Balaban J connectivity index is 1.69. The molecule has 0 saturated heterocycles. The van der Waals surface area contributed by atoms with Crippen molar-refractivity contribution in [3.05, 3.63) is 53.1 Å². The number of hydrogen-bond acceptors (Lipinski definition) is 3. The Bertz CT molecular complexity index is 1070. The van der Waals surface area contributed by atoms with Crippen LogP contribution in [0.2, 0.25) is 0 Å². The molecule has 0 bridgehead atoms. The highest BCUT2D eigenvalue weighted by Gasteiger charge is 2.43. The molecule has 1 fully saturated rings. The lowest BCUT2D eigenvalue weighted by molar-refractivity contribution is -0.119. The number of nitrogens with one attached hydrogen (secondary N) is 1. The monoisotopic (exact) mass is 398 g/mol. The van der Waals surface area contributed by atoms with Crippen molar-refractivity contribution in [3.63, 3.8) is 0 Å². The van der Waals surface area contributed by atoms with E-state index in [0.29, 0.717) is 12.2 Å². The van der Waals surface area contributed by atoms with E-state index in [1.807, 2.05) is 30.9 Å². The van der Waals surface area contributed by atoms with Gasteiger partial charge in [0.15, 0.2) is 0 Å². The fourth-order valence-corrected chi connectivity index (χ4v) is 5.06. The van der Waals surface area contributed by atoms with Gasteiger partial charge in [-0.2, -0.15) is 0 Å². The predicted octanol–water partition coefficient (Wildman–Crippen LogP) is 4.14. The number of sulfonamides is 1. The molecule has 0 radical (unpaired) electrons. The van der Waals surface area contributed by atoms with E-state index in [4.69, 9.17) is 0 Å². The summed E-state index contributed by atoms with van der Waals surface area (Å²) in [5.41, 5.74) is 4.00. The first-order valence-corrected chi connectivity index (χ1v) is 11.1. The smallest absolute Gasteiger partial charge is 0.261 e. The first-order valence-electron chi connectivity index (χ1n) is 9.64. The molecule has 1 N–H and O–H groups in total. The normalized spacial score (nSPS) is 18.1. The molecule has 6 heteroatoms. The van der Waals surface area contributed by atoms with Crippen molar-refractivity contribution in [3.8, 4) is 0 Å². The fourth-order valence-electron chi connectivity index (χ4n) is 3.90. The minimum atomic E-state index is -3.72. The molecule has 1 aliphatic carbocycles. The summed E-state index contributed by atoms with van der Waals surface area (Å²) in [6.07, 6.45) is 1.91. The zero-order valence-corrected chi connectivity index (χ0v) is 17.6. The van der Waals surface area contributed by atoms with E-state index in [0.717, 1.165) is 35.2 Å². The highest BCUT2D eigenvalue weighted by Crippen LogP contribution is 2.44. The second-order valence-corrected chi connectivity index (χ2v) is 10.4. The number of benzene rings is 2. The zero-order valence-electron chi connectivity index (χ0n) is 16.7. The molecule has 28 heavy (non-hydrogen) atoms. The van der Waals surface area contributed by atoms with Gasteiger partial charge in [0.2, 0.25) is 5.91 Å². The van der Waals surface area contributed by atoms with Gasteiger partial charge in [-0.25, -0.2) is 8.42 Å². The summed E-state index contributed by atoms with van der Waals surface area (Å²) in [5, 5.41) is 0. The second kappa shape index (κ2) is 6.34. The summed E-state index contributed by atoms with van der Waals surface area (Å²) in [6, 6.07) is 10.7. The van der Waals surface area contributed by atoms with Crippen molar-refractivity contribution in [1.29, 1.82) is 0 Å². The summed E-state index contributed by atoms with van der Waals surface area (Å²) in [5.74, 6) is 0.298. The molecule has 0 aromatic heterocycles. The third-order valence-corrected chi connectivity index (χ3v) is 7.03. The van der Waals surface area contributed by atoms with Gasteiger partial charge in [-0.15, -0.1) is 0 Å². The number of anilines is 2. The molecule has 1 saturated carbocycles. The zero-order chi connectivity index (χ0) is 20.3. The SMILES string of the molecule is Cc1ccc(NS(=O)(=O)c2ccc3c(c2)C(C)(C)CN3C(=O)C2CC2)c(C)c1. The molecule has 2 aliphatic rings. The fraction of sp³-hybridized carbons (Fsp3) is 0.409. The minimum absolute atomic E-state index is 0.135. The molecular formula is C22H26N2O3S. The van der Waals surface area contributed by atoms with Crippen LogP contribution in [0.15, 0.2) is 41.3 Å². The topological polar surface area (TPSA) is 66.5 Å². The van der Waals surface area contributed by atoms with Crippen LogP contribution < -0.4 is 9.62 Å². The molecule has 2 aromatic rings. The van der Waals surface area contributed by atoms with Crippen molar-refractivity contribution in [2.45, 2.75) is 50.8 Å². The largest absolute Gasteiger partial charge is 0.311 e. The van der Waals surface area contributed by atoms with Gasteiger partial charge in [0, 0.05) is 23.6 Å². The molecule has 0 spiro atoms. The van der Waals surface area contributed by atoms with Crippen LogP contribution in [0.1, 0.15) is 43.4 Å². The van der Waals surface area contributed by atoms with Gasteiger partial charge in [0.05, 0.1) is 10.6 Å². The van der Waals surface area contributed by atoms with Crippen molar-refractivity contribution in [2.24, 2.45) is 5.92 Å². The Labute approximate surface area is 166 Å². The quantitative estimate of drug-likeness (QED) is 0.842. The van der Waals surface area contributed by atoms with Gasteiger partial charge < -0.3 is 4.90 Å². The Hall–Kier alpha value is -2.34.